The topological polar surface area (TPSA) is 53.9 Å². The monoisotopic (exact) mass is 371 g/mol. The van der Waals surface area contributed by atoms with Crippen LogP contribution in [0, 0.1) is 0 Å². The molecule has 0 bridgehead atoms. The predicted molar refractivity (Wildman–Crippen MR) is 111 cm³/mol. The van der Waals surface area contributed by atoms with E-state index in [0.29, 0.717) is 5.56 Å². The molecule has 5 nitrogen and oxygen atoms in total. The largest absolute Gasteiger partial charge is 0.497 e. The number of fused-ring (bicyclic) bond motifs is 1. The molecule has 0 unspecified atom stereocenters. The second-order valence-corrected chi connectivity index (χ2v) is 6.64. The molecule has 1 aliphatic rings. The van der Waals surface area contributed by atoms with Crippen molar-refractivity contribution < 1.29 is 9.53 Å². The van der Waals surface area contributed by atoms with Gasteiger partial charge in [-0.05, 0) is 65.2 Å². The normalized spacial score (nSPS) is 12.8. The number of nitrogens with one attached hydrogen (secondary N) is 1. The summed E-state index contributed by atoms with van der Waals surface area (Å²) >= 11 is 0. The highest BCUT2D eigenvalue weighted by Gasteiger charge is 2.18. The number of ether oxygens (including phenoxy) is 1. The Kier molecular flexibility index (Phi) is 5.06. The van der Waals surface area contributed by atoms with Gasteiger partial charge in [0, 0.05) is 24.3 Å². The van der Waals surface area contributed by atoms with E-state index < -0.39 is 0 Å². The maximum Gasteiger partial charge on any atom is 0.271 e. The Morgan fingerprint density at radius 1 is 0.964 bits per heavy atom. The molecule has 3 aromatic carbocycles. The first kappa shape index (κ1) is 17.8. The zero-order chi connectivity index (χ0) is 19.3. The zero-order valence-corrected chi connectivity index (χ0v) is 15.6. The van der Waals surface area contributed by atoms with E-state index in [1.54, 1.807) is 13.3 Å². The van der Waals surface area contributed by atoms with Gasteiger partial charge >= 0.3 is 0 Å². The summed E-state index contributed by atoms with van der Waals surface area (Å²) in [5.74, 6) is 0.545. The average molecular weight is 371 g/mol. The fraction of sp³-hybridized carbons (Fsp3) is 0.130. The summed E-state index contributed by atoms with van der Waals surface area (Å²) in [6.07, 6.45) is 1.60. The molecule has 1 N–H and O–H groups in total. The molecule has 0 atom stereocenters. The van der Waals surface area contributed by atoms with Crippen molar-refractivity contribution in [3.63, 3.8) is 0 Å². The maximum atomic E-state index is 12.3. The Morgan fingerprint density at radius 2 is 1.61 bits per heavy atom. The molecule has 0 saturated heterocycles. The van der Waals surface area contributed by atoms with Crippen LogP contribution in [0.15, 0.2) is 77.9 Å². The molecule has 0 fully saturated rings. The standard InChI is InChI=1S/C23H21N3O2/c1-28-22-12-6-17(7-13-22)14-24-25-23(27)18-8-10-21(11-9-18)26-15-19-4-2-3-5-20(19)16-26/h2-14H,15-16H2,1H3,(H,25,27). The van der Waals surface area contributed by atoms with E-state index in [2.05, 4.69) is 39.7 Å². The Labute approximate surface area is 164 Å². The first-order valence-electron chi connectivity index (χ1n) is 9.12. The van der Waals surface area contributed by atoms with Crippen LogP contribution in [0.2, 0.25) is 0 Å². The molecule has 1 amide bonds. The quantitative estimate of drug-likeness (QED) is 0.545. The summed E-state index contributed by atoms with van der Waals surface area (Å²) in [6.45, 7) is 1.79. The number of nitrogens with zero attached hydrogens (tertiary/aromatic N) is 2. The van der Waals surface area contributed by atoms with Gasteiger partial charge in [0.05, 0.1) is 13.3 Å². The Balaban J connectivity index is 1.36. The SMILES string of the molecule is COc1ccc(C=NNC(=O)c2ccc(N3Cc4ccccc4C3)cc2)cc1. The van der Waals surface area contributed by atoms with E-state index in [0.717, 1.165) is 30.1 Å². The second kappa shape index (κ2) is 7.96. The summed E-state index contributed by atoms with van der Waals surface area (Å²) in [4.78, 5) is 14.6. The van der Waals surface area contributed by atoms with Gasteiger partial charge < -0.3 is 9.64 Å². The summed E-state index contributed by atoms with van der Waals surface area (Å²) in [6, 6.07) is 23.5. The lowest BCUT2D eigenvalue weighted by atomic mass is 10.1. The number of hydrogen-bond acceptors (Lipinski definition) is 4. The Bertz CT molecular complexity index is 970. The van der Waals surface area contributed by atoms with E-state index >= 15 is 0 Å². The van der Waals surface area contributed by atoms with Crippen LogP contribution in [0.1, 0.15) is 27.0 Å². The van der Waals surface area contributed by atoms with Crippen molar-refractivity contribution in [2.24, 2.45) is 5.10 Å². The van der Waals surface area contributed by atoms with Crippen molar-refractivity contribution in [2.45, 2.75) is 13.1 Å². The van der Waals surface area contributed by atoms with Crippen molar-refractivity contribution >= 4 is 17.8 Å². The lowest BCUT2D eigenvalue weighted by Crippen LogP contribution is -2.18. The van der Waals surface area contributed by atoms with E-state index in [4.69, 9.17) is 4.74 Å². The third-order valence-corrected chi connectivity index (χ3v) is 4.83. The minimum absolute atomic E-state index is 0.235. The van der Waals surface area contributed by atoms with E-state index in [9.17, 15) is 4.79 Å². The average Bonchev–Trinajstić information content (AvgIpc) is 3.18. The van der Waals surface area contributed by atoms with Crippen LogP contribution in [0.4, 0.5) is 5.69 Å². The minimum Gasteiger partial charge on any atom is -0.497 e. The molecule has 0 spiro atoms. The molecule has 5 heteroatoms. The van der Waals surface area contributed by atoms with E-state index in [1.807, 2.05) is 48.5 Å². The first-order chi connectivity index (χ1) is 13.7. The predicted octanol–water partition coefficient (Wildman–Crippen LogP) is 3.98. The van der Waals surface area contributed by atoms with Crippen LogP contribution in [-0.2, 0) is 13.1 Å². The van der Waals surface area contributed by atoms with E-state index in [-0.39, 0.29) is 5.91 Å². The van der Waals surface area contributed by atoms with Crippen LogP contribution < -0.4 is 15.1 Å². The molecule has 28 heavy (non-hydrogen) atoms. The number of anilines is 1. The van der Waals surface area contributed by atoms with Gasteiger partial charge in [0.15, 0.2) is 0 Å². The Morgan fingerprint density at radius 3 is 2.21 bits per heavy atom. The first-order valence-corrected chi connectivity index (χ1v) is 9.12. The number of amides is 1. The highest BCUT2D eigenvalue weighted by molar-refractivity contribution is 5.95. The highest BCUT2D eigenvalue weighted by Crippen LogP contribution is 2.28. The molecule has 1 aliphatic heterocycles. The van der Waals surface area contributed by atoms with Gasteiger partial charge in [0.2, 0.25) is 0 Å². The summed E-state index contributed by atoms with van der Waals surface area (Å²) in [7, 11) is 1.62. The van der Waals surface area contributed by atoms with Crippen molar-refractivity contribution in [3.8, 4) is 5.75 Å². The van der Waals surface area contributed by atoms with Crippen molar-refractivity contribution in [1.29, 1.82) is 0 Å². The summed E-state index contributed by atoms with van der Waals surface area (Å²) in [5.41, 5.74) is 7.84. The van der Waals surface area contributed by atoms with Crippen LogP contribution in [0.25, 0.3) is 0 Å². The Hall–Kier alpha value is -3.60. The van der Waals surface area contributed by atoms with Gasteiger partial charge in [0.25, 0.3) is 5.91 Å². The molecule has 1 heterocycles. The zero-order valence-electron chi connectivity index (χ0n) is 15.6. The van der Waals surface area contributed by atoms with Crippen LogP contribution in [0.3, 0.4) is 0 Å². The molecule has 4 rings (SSSR count). The van der Waals surface area contributed by atoms with Gasteiger partial charge in [-0.1, -0.05) is 24.3 Å². The second-order valence-electron chi connectivity index (χ2n) is 6.64. The number of rotatable bonds is 5. The third kappa shape index (κ3) is 3.88. The highest BCUT2D eigenvalue weighted by atomic mass is 16.5. The van der Waals surface area contributed by atoms with Crippen molar-refractivity contribution in [3.05, 3.63) is 95.1 Å². The number of carbonyl (C=O) groups is 1. The number of benzene rings is 3. The molecule has 140 valence electrons. The third-order valence-electron chi connectivity index (χ3n) is 4.83. The maximum absolute atomic E-state index is 12.3. The van der Waals surface area contributed by atoms with E-state index in [1.165, 1.54) is 11.1 Å². The molecular formula is C23H21N3O2. The van der Waals surface area contributed by atoms with Crippen LogP contribution >= 0.6 is 0 Å². The number of hydrogen-bond donors (Lipinski definition) is 1. The molecule has 0 saturated carbocycles. The van der Waals surface area contributed by atoms with Gasteiger partial charge in [-0.3, -0.25) is 4.79 Å². The van der Waals surface area contributed by atoms with Crippen molar-refractivity contribution in [2.75, 3.05) is 12.0 Å². The molecule has 0 aliphatic carbocycles. The number of carbonyl (C=O) groups excluding carboxylic acids is 1. The number of hydrazone groups is 1. The van der Waals surface area contributed by atoms with Crippen LogP contribution in [-0.4, -0.2) is 19.2 Å². The van der Waals surface area contributed by atoms with Crippen molar-refractivity contribution in [1.82, 2.24) is 5.43 Å². The smallest absolute Gasteiger partial charge is 0.271 e. The van der Waals surface area contributed by atoms with Gasteiger partial charge in [-0.2, -0.15) is 5.10 Å². The summed E-state index contributed by atoms with van der Waals surface area (Å²) < 4.78 is 5.12. The lowest BCUT2D eigenvalue weighted by Gasteiger charge is -2.17. The van der Waals surface area contributed by atoms with Gasteiger partial charge in [-0.25, -0.2) is 5.43 Å². The van der Waals surface area contributed by atoms with Crippen LogP contribution in [0.5, 0.6) is 5.75 Å². The fourth-order valence-electron chi connectivity index (χ4n) is 3.26. The number of methoxy groups -OCH3 is 1. The molecule has 0 aromatic heterocycles. The molecule has 3 aromatic rings. The molecular weight excluding hydrogens is 350 g/mol. The fourth-order valence-corrected chi connectivity index (χ4v) is 3.26. The van der Waals surface area contributed by atoms with Gasteiger partial charge in [-0.15, -0.1) is 0 Å². The van der Waals surface area contributed by atoms with Gasteiger partial charge in [0.1, 0.15) is 5.75 Å². The summed E-state index contributed by atoms with van der Waals surface area (Å²) in [5, 5.41) is 4.02. The lowest BCUT2D eigenvalue weighted by molar-refractivity contribution is 0.0955. The molecule has 0 radical (unpaired) electrons. The minimum atomic E-state index is -0.235.